The van der Waals surface area contributed by atoms with Gasteiger partial charge in [0.2, 0.25) is 0 Å². The highest BCUT2D eigenvalue weighted by molar-refractivity contribution is 5.82. The molecule has 1 aliphatic carbocycles. The fourth-order valence-corrected chi connectivity index (χ4v) is 5.47. The summed E-state index contributed by atoms with van der Waals surface area (Å²) >= 11 is 0. The molecule has 2 saturated heterocycles. The SMILES string of the molecule is O=C(O)[C@@H]1C[C@H](N2CCCCC2)CN1C(=O)OCC1c2ccccc2-c2ccccc21. The Labute approximate surface area is 182 Å². The van der Waals surface area contributed by atoms with E-state index in [2.05, 4.69) is 29.2 Å². The highest BCUT2D eigenvalue weighted by Gasteiger charge is 2.43. The summed E-state index contributed by atoms with van der Waals surface area (Å²) < 4.78 is 5.74. The average molecular weight is 421 g/mol. The number of hydrogen-bond acceptors (Lipinski definition) is 4. The number of likely N-dealkylation sites (tertiary alicyclic amines) is 2. The largest absolute Gasteiger partial charge is 0.480 e. The van der Waals surface area contributed by atoms with Crippen LogP contribution in [-0.2, 0) is 9.53 Å². The van der Waals surface area contributed by atoms with Gasteiger partial charge in [-0.2, -0.15) is 0 Å². The fraction of sp³-hybridized carbons (Fsp3) is 0.440. The first-order chi connectivity index (χ1) is 15.1. The Morgan fingerprint density at radius 3 is 2.16 bits per heavy atom. The molecule has 1 amide bonds. The number of rotatable bonds is 4. The molecule has 2 atom stereocenters. The van der Waals surface area contributed by atoms with E-state index in [4.69, 9.17) is 4.74 Å². The maximum absolute atomic E-state index is 13.0. The van der Waals surface area contributed by atoms with Gasteiger partial charge in [0.1, 0.15) is 12.6 Å². The van der Waals surface area contributed by atoms with Crippen LogP contribution in [0.4, 0.5) is 4.79 Å². The van der Waals surface area contributed by atoms with Crippen molar-refractivity contribution in [1.82, 2.24) is 9.80 Å². The van der Waals surface area contributed by atoms with Crippen molar-refractivity contribution >= 4 is 12.1 Å². The molecule has 0 radical (unpaired) electrons. The van der Waals surface area contributed by atoms with E-state index in [0.717, 1.165) is 37.1 Å². The molecule has 2 aliphatic heterocycles. The third-order valence-electron chi connectivity index (χ3n) is 7.04. The molecule has 31 heavy (non-hydrogen) atoms. The Morgan fingerprint density at radius 2 is 1.55 bits per heavy atom. The maximum Gasteiger partial charge on any atom is 0.410 e. The van der Waals surface area contributed by atoms with Crippen LogP contribution in [0.3, 0.4) is 0 Å². The Morgan fingerprint density at radius 1 is 0.935 bits per heavy atom. The summed E-state index contributed by atoms with van der Waals surface area (Å²) in [6.45, 7) is 2.60. The monoisotopic (exact) mass is 420 g/mol. The Kier molecular flexibility index (Phi) is 5.40. The molecule has 0 saturated carbocycles. The van der Waals surface area contributed by atoms with Crippen molar-refractivity contribution in [3.8, 4) is 11.1 Å². The first-order valence-corrected chi connectivity index (χ1v) is 11.2. The Balaban J connectivity index is 1.30. The summed E-state index contributed by atoms with van der Waals surface area (Å²) in [4.78, 5) is 28.6. The lowest BCUT2D eigenvalue weighted by Gasteiger charge is -2.31. The first kappa shape index (κ1) is 20.1. The van der Waals surface area contributed by atoms with E-state index in [0.29, 0.717) is 13.0 Å². The predicted octanol–water partition coefficient (Wildman–Crippen LogP) is 3.95. The lowest BCUT2D eigenvalue weighted by atomic mass is 9.98. The van der Waals surface area contributed by atoms with Crippen molar-refractivity contribution < 1.29 is 19.4 Å². The highest BCUT2D eigenvalue weighted by atomic mass is 16.6. The first-order valence-electron chi connectivity index (χ1n) is 11.2. The maximum atomic E-state index is 13.0. The van der Waals surface area contributed by atoms with Crippen LogP contribution < -0.4 is 0 Å². The summed E-state index contributed by atoms with van der Waals surface area (Å²) in [6, 6.07) is 15.7. The average Bonchev–Trinajstić information content (AvgIpc) is 3.39. The number of piperidine rings is 1. The normalized spacial score (nSPS) is 23.4. The van der Waals surface area contributed by atoms with Crippen molar-refractivity contribution in [3.63, 3.8) is 0 Å². The van der Waals surface area contributed by atoms with Crippen LogP contribution in [0.1, 0.15) is 42.7 Å². The number of carboxylic acid groups (broad SMARTS) is 1. The lowest BCUT2D eigenvalue weighted by molar-refractivity contribution is -0.141. The Bertz CT molecular complexity index is 939. The molecule has 0 spiro atoms. The van der Waals surface area contributed by atoms with Gasteiger partial charge in [0.15, 0.2) is 0 Å². The standard InChI is InChI=1S/C25H28N2O4/c28-24(29)23-14-17(26-12-6-1-7-13-26)15-27(23)25(30)31-16-22-20-10-4-2-8-18(20)19-9-3-5-11-21(19)22/h2-5,8-11,17,22-23H,1,6-7,12-16H2,(H,28,29)/t17-,23-/m0/s1. The molecule has 6 nitrogen and oxygen atoms in total. The van der Waals surface area contributed by atoms with E-state index < -0.39 is 18.1 Å². The molecule has 2 fully saturated rings. The quantitative estimate of drug-likeness (QED) is 0.811. The number of carboxylic acids is 1. The lowest BCUT2D eigenvalue weighted by Crippen LogP contribution is -2.43. The molecule has 5 rings (SSSR count). The molecule has 2 aromatic carbocycles. The van der Waals surface area contributed by atoms with Gasteiger partial charge in [-0.3, -0.25) is 9.80 Å². The third kappa shape index (κ3) is 3.69. The number of amides is 1. The van der Waals surface area contributed by atoms with Gasteiger partial charge in [-0.25, -0.2) is 9.59 Å². The van der Waals surface area contributed by atoms with Gasteiger partial charge in [-0.15, -0.1) is 0 Å². The zero-order valence-corrected chi connectivity index (χ0v) is 17.6. The minimum absolute atomic E-state index is 0.0277. The van der Waals surface area contributed by atoms with Crippen molar-refractivity contribution in [2.24, 2.45) is 0 Å². The van der Waals surface area contributed by atoms with Crippen molar-refractivity contribution in [2.75, 3.05) is 26.2 Å². The van der Waals surface area contributed by atoms with E-state index >= 15 is 0 Å². The second kappa shape index (κ2) is 8.35. The van der Waals surface area contributed by atoms with Gasteiger partial charge < -0.3 is 9.84 Å². The summed E-state index contributed by atoms with van der Waals surface area (Å²) in [7, 11) is 0. The van der Waals surface area contributed by atoms with Crippen LogP contribution in [0.5, 0.6) is 0 Å². The summed E-state index contributed by atoms with van der Waals surface area (Å²) in [6.07, 6.45) is 3.45. The minimum Gasteiger partial charge on any atom is -0.480 e. The topological polar surface area (TPSA) is 70.1 Å². The number of nitrogens with zero attached hydrogens (tertiary/aromatic N) is 2. The van der Waals surface area contributed by atoms with Crippen LogP contribution >= 0.6 is 0 Å². The molecular weight excluding hydrogens is 392 g/mol. The van der Waals surface area contributed by atoms with Gasteiger partial charge in [-0.05, 0) is 54.6 Å². The van der Waals surface area contributed by atoms with Crippen molar-refractivity contribution in [2.45, 2.75) is 43.7 Å². The summed E-state index contributed by atoms with van der Waals surface area (Å²) in [5.41, 5.74) is 4.65. The molecule has 2 heterocycles. The Hall–Kier alpha value is -2.86. The smallest absolute Gasteiger partial charge is 0.410 e. The van der Waals surface area contributed by atoms with E-state index in [1.165, 1.54) is 22.4 Å². The fourth-order valence-electron chi connectivity index (χ4n) is 5.47. The zero-order valence-electron chi connectivity index (χ0n) is 17.6. The van der Waals surface area contributed by atoms with E-state index in [9.17, 15) is 14.7 Å². The van der Waals surface area contributed by atoms with Crippen LogP contribution in [-0.4, -0.2) is 65.3 Å². The molecule has 6 heteroatoms. The molecule has 0 bridgehead atoms. The minimum atomic E-state index is -0.951. The number of fused-ring (bicyclic) bond motifs is 3. The number of carbonyl (C=O) groups is 2. The van der Waals surface area contributed by atoms with Gasteiger partial charge >= 0.3 is 12.1 Å². The summed E-state index contributed by atoms with van der Waals surface area (Å²) in [5.74, 6) is -0.979. The molecule has 3 aliphatic rings. The van der Waals surface area contributed by atoms with E-state index in [-0.39, 0.29) is 18.6 Å². The second-order valence-corrected chi connectivity index (χ2v) is 8.80. The van der Waals surface area contributed by atoms with Gasteiger partial charge in [0, 0.05) is 18.5 Å². The van der Waals surface area contributed by atoms with Crippen LogP contribution in [0, 0.1) is 0 Å². The van der Waals surface area contributed by atoms with Gasteiger partial charge in [0.25, 0.3) is 0 Å². The number of aliphatic carboxylic acids is 1. The van der Waals surface area contributed by atoms with Crippen LogP contribution in [0.2, 0.25) is 0 Å². The number of benzene rings is 2. The second-order valence-electron chi connectivity index (χ2n) is 8.80. The van der Waals surface area contributed by atoms with Crippen molar-refractivity contribution in [3.05, 3.63) is 59.7 Å². The number of carbonyl (C=O) groups excluding carboxylic acids is 1. The third-order valence-corrected chi connectivity index (χ3v) is 7.04. The van der Waals surface area contributed by atoms with Crippen molar-refractivity contribution in [1.29, 1.82) is 0 Å². The van der Waals surface area contributed by atoms with Gasteiger partial charge in [-0.1, -0.05) is 55.0 Å². The molecule has 1 N–H and O–H groups in total. The summed E-state index contributed by atoms with van der Waals surface area (Å²) in [5, 5.41) is 9.72. The molecule has 0 aromatic heterocycles. The molecule has 0 unspecified atom stereocenters. The van der Waals surface area contributed by atoms with E-state index in [1.807, 2.05) is 24.3 Å². The predicted molar refractivity (Wildman–Crippen MR) is 117 cm³/mol. The molecule has 2 aromatic rings. The number of hydrogen-bond donors (Lipinski definition) is 1. The number of ether oxygens (including phenoxy) is 1. The van der Waals surface area contributed by atoms with Gasteiger partial charge in [0.05, 0.1) is 0 Å². The highest BCUT2D eigenvalue weighted by Crippen LogP contribution is 2.44. The van der Waals surface area contributed by atoms with Crippen LogP contribution in [0.15, 0.2) is 48.5 Å². The zero-order chi connectivity index (χ0) is 21.4. The van der Waals surface area contributed by atoms with Crippen LogP contribution in [0.25, 0.3) is 11.1 Å². The van der Waals surface area contributed by atoms with E-state index in [1.54, 1.807) is 0 Å². The molecule has 162 valence electrons. The molecular formula is C25H28N2O4.